The third-order valence-corrected chi connectivity index (χ3v) is 7.26. The molecule has 6 rings (SSSR count). The first-order chi connectivity index (χ1) is 19.9. The molecule has 41 heavy (non-hydrogen) atoms. The fourth-order valence-corrected chi connectivity index (χ4v) is 5.27. The summed E-state index contributed by atoms with van der Waals surface area (Å²) in [5, 5.41) is 20.8. The predicted octanol–water partition coefficient (Wildman–Crippen LogP) is 4.53. The molecule has 12 heteroatoms. The van der Waals surface area contributed by atoms with Crippen molar-refractivity contribution in [2.75, 3.05) is 13.7 Å². The van der Waals surface area contributed by atoms with E-state index in [0.717, 1.165) is 17.0 Å². The largest absolute Gasteiger partial charge is 0.494 e. The van der Waals surface area contributed by atoms with Gasteiger partial charge < -0.3 is 9.47 Å². The number of methoxy groups -OCH3 is 1. The summed E-state index contributed by atoms with van der Waals surface area (Å²) in [5.74, 6) is 1.32. The van der Waals surface area contributed by atoms with Gasteiger partial charge in [-0.2, -0.15) is 14.6 Å². The van der Waals surface area contributed by atoms with Crippen molar-refractivity contribution < 1.29 is 14.4 Å². The average Bonchev–Trinajstić information content (AvgIpc) is 3.69. The van der Waals surface area contributed by atoms with Crippen molar-refractivity contribution in [3.8, 4) is 39.8 Å². The van der Waals surface area contributed by atoms with Crippen LogP contribution in [0.5, 0.6) is 11.5 Å². The summed E-state index contributed by atoms with van der Waals surface area (Å²) in [6, 6.07) is 21.5. The molecule has 0 saturated heterocycles. The molecule has 0 aliphatic heterocycles. The Morgan fingerprint density at radius 1 is 1.02 bits per heavy atom. The summed E-state index contributed by atoms with van der Waals surface area (Å²) >= 11 is 1.20. The van der Waals surface area contributed by atoms with Gasteiger partial charge >= 0.3 is 5.69 Å². The molecule has 0 spiro atoms. The van der Waals surface area contributed by atoms with Gasteiger partial charge in [-0.25, -0.2) is 4.68 Å². The van der Waals surface area contributed by atoms with Crippen LogP contribution < -0.4 is 19.6 Å². The average molecular weight is 567 g/mol. The fourth-order valence-electron chi connectivity index (χ4n) is 4.37. The molecular formula is C29H22N6O5S. The summed E-state index contributed by atoms with van der Waals surface area (Å²) in [6.45, 7) is 2.48. The lowest BCUT2D eigenvalue weighted by atomic mass is 10.1. The van der Waals surface area contributed by atoms with E-state index in [2.05, 4.69) is 10.1 Å². The van der Waals surface area contributed by atoms with Crippen LogP contribution in [-0.4, -0.2) is 43.0 Å². The molecule has 0 fully saturated rings. The van der Waals surface area contributed by atoms with Crippen LogP contribution in [0.25, 0.3) is 39.4 Å². The van der Waals surface area contributed by atoms with Crippen LogP contribution in [0.15, 0.2) is 83.8 Å². The Hall–Kier alpha value is -5.36. The number of fused-ring (bicyclic) bond motifs is 1. The van der Waals surface area contributed by atoms with Gasteiger partial charge in [0, 0.05) is 29.0 Å². The first kappa shape index (κ1) is 25.9. The first-order valence-corrected chi connectivity index (χ1v) is 13.4. The SMILES string of the molecule is CCOc1ccc(-c2nc3sc(=Cc4cn(-c5ccccc5)nc4-c4ccc(OC)c([N+](=O)[O-])c4)c(=O)n3n2)cc1. The number of nitro groups is 1. The van der Waals surface area contributed by atoms with Crippen molar-refractivity contribution in [3.63, 3.8) is 0 Å². The van der Waals surface area contributed by atoms with Crippen LogP contribution >= 0.6 is 11.3 Å². The highest BCUT2D eigenvalue weighted by atomic mass is 32.1. The zero-order valence-electron chi connectivity index (χ0n) is 21.9. The van der Waals surface area contributed by atoms with E-state index >= 15 is 0 Å². The first-order valence-electron chi connectivity index (χ1n) is 12.6. The number of aromatic nitrogens is 5. The highest BCUT2D eigenvalue weighted by molar-refractivity contribution is 7.15. The number of benzene rings is 3. The van der Waals surface area contributed by atoms with Gasteiger partial charge in [0.1, 0.15) is 11.4 Å². The number of hydrogen-bond acceptors (Lipinski definition) is 9. The number of para-hydroxylation sites is 1. The molecule has 3 heterocycles. The van der Waals surface area contributed by atoms with E-state index in [1.807, 2.05) is 61.5 Å². The standard InChI is InChI=1S/C29H22N6O5S/c1-3-40-22-12-9-18(10-13-22)27-30-29-34(32-27)28(36)25(41-29)16-20-17-33(21-7-5-4-6-8-21)31-26(20)19-11-14-24(39-2)23(15-19)35(37)38/h4-17H,3H2,1-2H3. The van der Waals surface area contributed by atoms with E-state index in [1.165, 1.54) is 35.1 Å². The Morgan fingerprint density at radius 2 is 1.78 bits per heavy atom. The second-order valence-electron chi connectivity index (χ2n) is 8.86. The van der Waals surface area contributed by atoms with Crippen molar-refractivity contribution in [2.24, 2.45) is 0 Å². The van der Waals surface area contributed by atoms with E-state index in [9.17, 15) is 14.9 Å². The fraction of sp³-hybridized carbons (Fsp3) is 0.103. The lowest BCUT2D eigenvalue weighted by molar-refractivity contribution is -0.385. The monoisotopic (exact) mass is 566 g/mol. The summed E-state index contributed by atoms with van der Waals surface area (Å²) in [6.07, 6.45) is 3.49. The van der Waals surface area contributed by atoms with Gasteiger partial charge in [-0.15, -0.1) is 5.10 Å². The van der Waals surface area contributed by atoms with Gasteiger partial charge in [0.05, 0.1) is 28.9 Å². The Bertz CT molecular complexity index is 2000. The molecule has 0 bridgehead atoms. The minimum absolute atomic E-state index is 0.141. The zero-order chi connectivity index (χ0) is 28.5. The minimum atomic E-state index is -0.502. The number of rotatable bonds is 8. The van der Waals surface area contributed by atoms with Gasteiger partial charge in [-0.3, -0.25) is 14.9 Å². The van der Waals surface area contributed by atoms with Gasteiger partial charge in [0.2, 0.25) is 4.96 Å². The Kier molecular flexibility index (Phi) is 6.73. The van der Waals surface area contributed by atoms with Crippen molar-refractivity contribution >= 4 is 28.1 Å². The molecule has 6 aromatic rings. The van der Waals surface area contributed by atoms with Crippen LogP contribution in [0.1, 0.15) is 12.5 Å². The number of thiazole rings is 1. The molecule has 0 saturated carbocycles. The lowest BCUT2D eigenvalue weighted by Crippen LogP contribution is -2.23. The lowest BCUT2D eigenvalue weighted by Gasteiger charge is -2.04. The minimum Gasteiger partial charge on any atom is -0.494 e. The maximum Gasteiger partial charge on any atom is 0.311 e. The highest BCUT2D eigenvalue weighted by Crippen LogP contribution is 2.33. The molecule has 0 N–H and O–H groups in total. The van der Waals surface area contributed by atoms with E-state index in [-0.39, 0.29) is 17.0 Å². The Labute approximate surface area is 236 Å². The topological polar surface area (TPSA) is 127 Å². The zero-order valence-corrected chi connectivity index (χ0v) is 22.7. The number of hydrogen-bond donors (Lipinski definition) is 0. The number of ether oxygens (including phenoxy) is 2. The molecule has 0 atom stereocenters. The molecule has 0 aliphatic rings. The quantitative estimate of drug-likeness (QED) is 0.194. The second-order valence-corrected chi connectivity index (χ2v) is 9.87. The maximum absolute atomic E-state index is 13.4. The van der Waals surface area contributed by atoms with Gasteiger partial charge in [-0.1, -0.05) is 29.5 Å². The van der Waals surface area contributed by atoms with Crippen molar-refractivity contribution in [3.05, 3.63) is 110 Å². The van der Waals surface area contributed by atoms with Gasteiger partial charge in [0.15, 0.2) is 11.6 Å². The van der Waals surface area contributed by atoms with E-state index in [1.54, 1.807) is 23.0 Å². The molecule has 0 unspecified atom stereocenters. The van der Waals surface area contributed by atoms with E-state index in [4.69, 9.17) is 14.6 Å². The molecule has 3 aromatic carbocycles. The molecule has 0 radical (unpaired) electrons. The molecule has 204 valence electrons. The summed E-state index contributed by atoms with van der Waals surface area (Å²) in [7, 11) is 1.38. The van der Waals surface area contributed by atoms with E-state index in [0.29, 0.717) is 38.7 Å². The number of nitro benzene ring substituents is 1. The molecule has 11 nitrogen and oxygen atoms in total. The van der Waals surface area contributed by atoms with Crippen LogP contribution in [0.3, 0.4) is 0 Å². The third-order valence-electron chi connectivity index (χ3n) is 6.30. The number of nitrogens with zero attached hydrogens (tertiary/aromatic N) is 6. The smallest absolute Gasteiger partial charge is 0.311 e. The molecule has 0 amide bonds. The highest BCUT2D eigenvalue weighted by Gasteiger charge is 2.20. The summed E-state index contributed by atoms with van der Waals surface area (Å²) < 4.78 is 14.0. The predicted molar refractivity (Wildman–Crippen MR) is 155 cm³/mol. The molecular weight excluding hydrogens is 544 g/mol. The molecule has 3 aromatic heterocycles. The van der Waals surface area contributed by atoms with Crippen molar-refractivity contribution in [2.45, 2.75) is 6.92 Å². The second kappa shape index (κ2) is 10.7. The Morgan fingerprint density at radius 3 is 2.46 bits per heavy atom. The normalized spacial score (nSPS) is 11.7. The van der Waals surface area contributed by atoms with Crippen LogP contribution in [0.4, 0.5) is 5.69 Å². The summed E-state index contributed by atoms with van der Waals surface area (Å²) in [5.41, 5.74) is 2.62. The van der Waals surface area contributed by atoms with E-state index < -0.39 is 4.92 Å². The van der Waals surface area contributed by atoms with Gasteiger partial charge in [-0.05, 0) is 61.5 Å². The maximum atomic E-state index is 13.4. The van der Waals surface area contributed by atoms with Crippen LogP contribution in [0.2, 0.25) is 0 Å². The third kappa shape index (κ3) is 4.92. The van der Waals surface area contributed by atoms with Crippen LogP contribution in [0, 0.1) is 10.1 Å². The van der Waals surface area contributed by atoms with Crippen molar-refractivity contribution in [1.82, 2.24) is 24.4 Å². The Balaban J connectivity index is 1.46. The molecule has 0 aliphatic carbocycles. The van der Waals surface area contributed by atoms with Crippen molar-refractivity contribution in [1.29, 1.82) is 0 Å². The summed E-state index contributed by atoms with van der Waals surface area (Å²) in [4.78, 5) is 29.6. The van der Waals surface area contributed by atoms with Gasteiger partial charge in [0.25, 0.3) is 5.56 Å². The van der Waals surface area contributed by atoms with Crippen LogP contribution in [-0.2, 0) is 0 Å².